The van der Waals surface area contributed by atoms with Crippen molar-refractivity contribution in [2.75, 3.05) is 52.4 Å². The summed E-state index contributed by atoms with van der Waals surface area (Å²) in [6.45, 7) is 6.97. The van der Waals surface area contributed by atoms with Gasteiger partial charge in [0, 0.05) is 56.6 Å². The number of rotatable bonds is 7. The van der Waals surface area contributed by atoms with Gasteiger partial charge in [0.25, 0.3) is 11.8 Å². The molecule has 2 N–H and O–H groups in total. The Labute approximate surface area is 245 Å². The topological polar surface area (TPSA) is 96.0 Å². The maximum Gasteiger partial charge on any atom is 0.255 e. The maximum atomic E-state index is 13.6. The monoisotopic (exact) mass is 573 g/mol. The zero-order valence-electron chi connectivity index (χ0n) is 23.8. The Morgan fingerprint density at radius 2 is 1.45 bits per heavy atom. The van der Waals surface area contributed by atoms with Crippen molar-refractivity contribution < 1.29 is 23.5 Å². The van der Waals surface area contributed by atoms with Crippen molar-refractivity contribution in [1.82, 2.24) is 25.4 Å². The lowest BCUT2D eigenvalue weighted by Gasteiger charge is -2.35. The fourth-order valence-electron chi connectivity index (χ4n) is 5.72. The number of nitrogens with zero attached hydrogens (tertiary/aromatic N) is 3. The first kappa shape index (κ1) is 28.1. The van der Waals surface area contributed by atoms with Crippen molar-refractivity contribution in [1.29, 1.82) is 0 Å². The van der Waals surface area contributed by atoms with Gasteiger partial charge in [0.05, 0.1) is 5.56 Å². The van der Waals surface area contributed by atoms with Crippen LogP contribution in [-0.2, 0) is 0 Å². The third-order valence-electron chi connectivity index (χ3n) is 8.02. The van der Waals surface area contributed by atoms with Gasteiger partial charge in [-0.05, 0) is 80.4 Å². The molecule has 2 atom stereocenters. The Kier molecular flexibility index (Phi) is 8.34. The predicted molar refractivity (Wildman–Crippen MR) is 156 cm³/mol. The van der Waals surface area contributed by atoms with E-state index in [2.05, 4.69) is 15.6 Å². The number of carbonyl (C=O) groups is 2. The summed E-state index contributed by atoms with van der Waals surface area (Å²) in [5.74, 6) is 0.566. The minimum atomic E-state index is -0.339. The summed E-state index contributed by atoms with van der Waals surface area (Å²) in [5, 5.41) is 6.57. The van der Waals surface area contributed by atoms with E-state index in [0.29, 0.717) is 54.5 Å². The predicted octanol–water partition coefficient (Wildman–Crippen LogP) is 3.28. The van der Waals surface area contributed by atoms with Crippen LogP contribution in [0.2, 0.25) is 0 Å². The van der Waals surface area contributed by atoms with Crippen LogP contribution in [0.25, 0.3) is 11.1 Å². The van der Waals surface area contributed by atoms with E-state index in [9.17, 15) is 14.0 Å². The third kappa shape index (κ3) is 6.39. The fourth-order valence-corrected chi connectivity index (χ4v) is 5.72. The van der Waals surface area contributed by atoms with Gasteiger partial charge >= 0.3 is 0 Å². The molecule has 42 heavy (non-hydrogen) atoms. The highest BCUT2D eigenvalue weighted by Crippen LogP contribution is 2.31. The summed E-state index contributed by atoms with van der Waals surface area (Å²) in [7, 11) is 0. The Bertz CT molecular complexity index is 1430. The molecule has 0 saturated carbocycles. The molecule has 0 spiro atoms. The molecule has 3 aromatic rings. The van der Waals surface area contributed by atoms with E-state index in [1.165, 1.54) is 12.1 Å². The smallest absolute Gasteiger partial charge is 0.255 e. The highest BCUT2D eigenvalue weighted by atomic mass is 19.1. The summed E-state index contributed by atoms with van der Waals surface area (Å²) in [4.78, 5) is 35.0. The third-order valence-corrected chi connectivity index (χ3v) is 8.02. The van der Waals surface area contributed by atoms with Crippen molar-refractivity contribution in [3.63, 3.8) is 0 Å². The van der Waals surface area contributed by atoms with Gasteiger partial charge in [-0.2, -0.15) is 0 Å². The van der Waals surface area contributed by atoms with Gasteiger partial charge in [0.15, 0.2) is 0 Å². The Morgan fingerprint density at radius 1 is 0.833 bits per heavy atom. The number of halogens is 1. The van der Waals surface area contributed by atoms with Gasteiger partial charge in [-0.3, -0.25) is 9.59 Å². The largest absolute Gasteiger partial charge is 0.489 e. The van der Waals surface area contributed by atoms with Crippen molar-refractivity contribution in [3.8, 4) is 22.8 Å². The zero-order chi connectivity index (χ0) is 29.1. The highest BCUT2D eigenvalue weighted by Gasteiger charge is 2.28. The molecule has 6 rings (SSSR count). The number of carbonyl (C=O) groups excluding carboxylic acids is 2. The molecule has 10 heteroatoms. The molecule has 3 saturated heterocycles. The molecular formula is C32H36FN5O4. The van der Waals surface area contributed by atoms with Gasteiger partial charge in [0.1, 0.15) is 23.8 Å². The van der Waals surface area contributed by atoms with Crippen molar-refractivity contribution in [3.05, 3.63) is 77.2 Å². The first-order valence-corrected chi connectivity index (χ1v) is 14.6. The van der Waals surface area contributed by atoms with E-state index < -0.39 is 0 Å². The summed E-state index contributed by atoms with van der Waals surface area (Å²) in [5.41, 5.74) is 3.36. The molecule has 4 heterocycles. The molecule has 220 valence electrons. The molecule has 0 aliphatic carbocycles. The summed E-state index contributed by atoms with van der Waals surface area (Å²) in [6, 6.07) is 13.5. The minimum Gasteiger partial charge on any atom is -0.489 e. The zero-order valence-corrected chi connectivity index (χ0v) is 23.8. The van der Waals surface area contributed by atoms with Gasteiger partial charge in [-0.25, -0.2) is 9.37 Å². The molecule has 3 aliphatic rings. The number of ether oxygens (including phenoxy) is 2. The lowest BCUT2D eigenvalue weighted by atomic mass is 10.0. The van der Waals surface area contributed by atoms with Crippen LogP contribution >= 0.6 is 0 Å². The Morgan fingerprint density at radius 3 is 2.07 bits per heavy atom. The summed E-state index contributed by atoms with van der Waals surface area (Å²) in [6.07, 6.45) is 3.45. The molecular weight excluding hydrogens is 537 g/mol. The molecule has 0 bridgehead atoms. The number of nitrogens with one attached hydrogen (secondary N) is 2. The highest BCUT2D eigenvalue weighted by molar-refractivity contribution is 5.97. The molecule has 9 nitrogen and oxygen atoms in total. The fraction of sp³-hybridized carbons (Fsp3) is 0.406. The first-order valence-electron chi connectivity index (χ1n) is 14.6. The Hall–Kier alpha value is -4.02. The minimum absolute atomic E-state index is 0.0142. The maximum absolute atomic E-state index is 13.6. The second-order valence-corrected chi connectivity index (χ2v) is 11.2. The van der Waals surface area contributed by atoms with Crippen LogP contribution < -0.4 is 20.1 Å². The second-order valence-electron chi connectivity index (χ2n) is 11.2. The van der Waals surface area contributed by atoms with Crippen LogP contribution in [0.1, 0.15) is 39.1 Å². The van der Waals surface area contributed by atoms with Crippen molar-refractivity contribution in [2.24, 2.45) is 0 Å². The van der Waals surface area contributed by atoms with Gasteiger partial charge in [-0.1, -0.05) is 12.1 Å². The van der Waals surface area contributed by atoms with E-state index in [1.807, 2.05) is 25.1 Å². The average Bonchev–Trinajstić information content (AvgIpc) is 3.72. The van der Waals surface area contributed by atoms with Crippen LogP contribution in [0, 0.1) is 12.7 Å². The van der Waals surface area contributed by atoms with Gasteiger partial charge in [-0.15, -0.1) is 0 Å². The molecule has 0 radical (unpaired) electrons. The van der Waals surface area contributed by atoms with Gasteiger partial charge in [0.2, 0.25) is 5.88 Å². The Balaban J connectivity index is 1.13. The summed E-state index contributed by atoms with van der Waals surface area (Å²) < 4.78 is 25.9. The number of aryl methyl sites for hydroxylation is 1. The normalized spacial score (nSPS) is 20.5. The summed E-state index contributed by atoms with van der Waals surface area (Å²) >= 11 is 0. The lowest BCUT2D eigenvalue weighted by molar-refractivity contribution is 0.0535. The number of aromatic nitrogens is 1. The standard InChI is InChI=1S/C32H36FN5O4/c1-21-14-23(16-28(15-21)41-26-6-8-34-19-26)31(39)37-10-12-38(13-11-37)32(40)24-17-29(22-2-4-25(33)5-3-22)30(36-18-24)42-27-7-9-35-20-27/h2-5,14-18,26-27,34-35H,6-13,19-20H2,1H3/t26-,27+/m1/s1. The van der Waals surface area contributed by atoms with Crippen molar-refractivity contribution in [2.45, 2.75) is 32.0 Å². The van der Waals surface area contributed by atoms with E-state index in [-0.39, 0.29) is 29.8 Å². The number of benzene rings is 2. The van der Waals surface area contributed by atoms with Crippen LogP contribution in [0.5, 0.6) is 11.6 Å². The first-order chi connectivity index (χ1) is 20.4. The SMILES string of the molecule is Cc1cc(O[C@@H]2CCNC2)cc(C(=O)N2CCN(C(=O)c3cnc(O[C@H]4CCNC4)c(-c4ccc(F)cc4)c3)CC2)c1. The number of amides is 2. The molecule has 2 aromatic carbocycles. The van der Waals surface area contributed by atoms with Crippen LogP contribution in [0.15, 0.2) is 54.7 Å². The molecule has 1 aromatic heterocycles. The van der Waals surface area contributed by atoms with E-state index in [1.54, 1.807) is 34.2 Å². The van der Waals surface area contributed by atoms with E-state index in [0.717, 1.165) is 50.1 Å². The number of hydrogen-bond acceptors (Lipinski definition) is 7. The molecule has 3 aliphatic heterocycles. The van der Waals surface area contributed by atoms with Crippen LogP contribution in [0.3, 0.4) is 0 Å². The number of hydrogen-bond donors (Lipinski definition) is 2. The van der Waals surface area contributed by atoms with E-state index >= 15 is 0 Å². The molecule has 0 unspecified atom stereocenters. The van der Waals surface area contributed by atoms with Crippen molar-refractivity contribution >= 4 is 11.8 Å². The quantitative estimate of drug-likeness (QED) is 0.448. The van der Waals surface area contributed by atoms with Crippen LogP contribution in [0.4, 0.5) is 4.39 Å². The second kappa shape index (κ2) is 12.5. The lowest BCUT2D eigenvalue weighted by Crippen LogP contribution is -2.50. The average molecular weight is 574 g/mol. The van der Waals surface area contributed by atoms with Gasteiger partial charge < -0.3 is 29.9 Å². The number of piperazine rings is 1. The molecule has 2 amide bonds. The molecule has 3 fully saturated rings. The van der Waals surface area contributed by atoms with E-state index in [4.69, 9.17) is 9.47 Å². The number of pyridine rings is 1. The van der Waals surface area contributed by atoms with Crippen LogP contribution in [-0.4, -0.2) is 91.2 Å².